The van der Waals surface area contributed by atoms with Crippen molar-refractivity contribution in [1.29, 1.82) is 0 Å². The van der Waals surface area contributed by atoms with Gasteiger partial charge in [-0.25, -0.2) is 0 Å². The minimum absolute atomic E-state index is 0.153. The summed E-state index contributed by atoms with van der Waals surface area (Å²) in [5, 5.41) is 5.53. The molecule has 0 fully saturated rings. The lowest BCUT2D eigenvalue weighted by molar-refractivity contribution is -0.116. The maximum Gasteiger partial charge on any atom is 0.251 e. The van der Waals surface area contributed by atoms with E-state index in [0.717, 1.165) is 11.3 Å². The van der Waals surface area contributed by atoms with E-state index in [4.69, 9.17) is 4.74 Å². The Labute approximate surface area is 135 Å². The lowest BCUT2D eigenvalue weighted by Gasteiger charge is -2.08. The van der Waals surface area contributed by atoms with Crippen LogP contribution in [0.2, 0.25) is 0 Å². The minimum Gasteiger partial charge on any atom is -0.497 e. The Bertz CT molecular complexity index is 681. The predicted molar refractivity (Wildman–Crippen MR) is 89.8 cm³/mol. The van der Waals surface area contributed by atoms with Crippen molar-refractivity contribution >= 4 is 17.5 Å². The van der Waals surface area contributed by atoms with Gasteiger partial charge in [-0.3, -0.25) is 9.59 Å². The molecule has 0 unspecified atom stereocenters. The molecule has 0 aromatic heterocycles. The van der Waals surface area contributed by atoms with Crippen LogP contribution < -0.4 is 15.4 Å². The molecular formula is C18H20N2O3. The summed E-state index contributed by atoms with van der Waals surface area (Å²) in [6.07, 6.45) is 0.212. The Kier molecular flexibility index (Phi) is 5.74. The molecule has 5 heteroatoms. The van der Waals surface area contributed by atoms with Crippen LogP contribution in [-0.4, -0.2) is 25.5 Å². The van der Waals surface area contributed by atoms with Crippen LogP contribution >= 0.6 is 0 Å². The van der Waals surface area contributed by atoms with Crippen molar-refractivity contribution < 1.29 is 14.3 Å². The van der Waals surface area contributed by atoms with Crippen molar-refractivity contribution in [1.82, 2.24) is 5.32 Å². The first-order valence-electron chi connectivity index (χ1n) is 7.38. The van der Waals surface area contributed by atoms with Gasteiger partial charge in [-0.1, -0.05) is 18.2 Å². The fourth-order valence-electron chi connectivity index (χ4n) is 2.11. The number of ether oxygens (including phenoxy) is 1. The molecule has 2 aromatic carbocycles. The van der Waals surface area contributed by atoms with Crippen LogP contribution in [0.3, 0.4) is 0 Å². The van der Waals surface area contributed by atoms with Crippen LogP contribution in [0.25, 0.3) is 0 Å². The highest BCUT2D eigenvalue weighted by molar-refractivity contribution is 5.96. The highest BCUT2D eigenvalue weighted by atomic mass is 16.5. The SMILES string of the molecule is COc1ccc(NC(=O)CCNC(=O)c2ccccc2C)cc1. The third-order valence-electron chi connectivity index (χ3n) is 3.40. The van der Waals surface area contributed by atoms with E-state index in [0.29, 0.717) is 11.3 Å². The molecule has 0 saturated heterocycles. The quantitative estimate of drug-likeness (QED) is 0.862. The molecule has 0 aliphatic rings. The number of benzene rings is 2. The zero-order chi connectivity index (χ0) is 16.7. The molecule has 0 atom stereocenters. The van der Waals surface area contributed by atoms with Crippen LogP contribution in [0.5, 0.6) is 5.75 Å². The molecule has 0 aliphatic heterocycles. The van der Waals surface area contributed by atoms with Gasteiger partial charge in [0.15, 0.2) is 0 Å². The van der Waals surface area contributed by atoms with E-state index < -0.39 is 0 Å². The molecule has 23 heavy (non-hydrogen) atoms. The van der Waals surface area contributed by atoms with Gasteiger partial charge in [-0.2, -0.15) is 0 Å². The highest BCUT2D eigenvalue weighted by Gasteiger charge is 2.08. The Balaban J connectivity index is 1.78. The first kappa shape index (κ1) is 16.5. The summed E-state index contributed by atoms with van der Waals surface area (Å²) >= 11 is 0. The van der Waals surface area contributed by atoms with E-state index in [-0.39, 0.29) is 24.8 Å². The summed E-state index contributed by atoms with van der Waals surface area (Å²) in [6, 6.07) is 14.4. The number of amides is 2. The van der Waals surface area contributed by atoms with Gasteiger partial charge in [0.25, 0.3) is 5.91 Å². The van der Waals surface area contributed by atoms with Gasteiger partial charge in [0.1, 0.15) is 5.75 Å². The molecule has 0 spiro atoms. The Morgan fingerprint density at radius 1 is 1.04 bits per heavy atom. The van der Waals surface area contributed by atoms with Crippen LogP contribution in [-0.2, 0) is 4.79 Å². The topological polar surface area (TPSA) is 67.4 Å². The van der Waals surface area contributed by atoms with Crippen molar-refractivity contribution in [2.75, 3.05) is 19.0 Å². The number of carbonyl (C=O) groups excluding carboxylic acids is 2. The van der Waals surface area contributed by atoms with Crippen LogP contribution in [0.1, 0.15) is 22.3 Å². The summed E-state index contributed by atoms with van der Waals surface area (Å²) in [5.74, 6) is 0.411. The molecular weight excluding hydrogens is 292 g/mol. The van der Waals surface area contributed by atoms with Crippen molar-refractivity contribution in [2.45, 2.75) is 13.3 Å². The monoisotopic (exact) mass is 312 g/mol. The van der Waals surface area contributed by atoms with Crippen molar-refractivity contribution in [3.05, 3.63) is 59.7 Å². The van der Waals surface area contributed by atoms with E-state index in [1.165, 1.54) is 0 Å². The molecule has 2 rings (SSSR count). The first-order valence-corrected chi connectivity index (χ1v) is 7.38. The van der Waals surface area contributed by atoms with Gasteiger partial charge in [0.05, 0.1) is 7.11 Å². The standard InChI is InChI=1S/C18H20N2O3/c1-13-5-3-4-6-16(13)18(22)19-12-11-17(21)20-14-7-9-15(23-2)10-8-14/h3-10H,11-12H2,1-2H3,(H,19,22)(H,20,21). The zero-order valence-corrected chi connectivity index (χ0v) is 13.3. The van der Waals surface area contributed by atoms with Gasteiger partial charge in [0, 0.05) is 24.2 Å². The molecule has 120 valence electrons. The largest absolute Gasteiger partial charge is 0.497 e. The smallest absolute Gasteiger partial charge is 0.251 e. The van der Waals surface area contributed by atoms with Crippen LogP contribution in [0, 0.1) is 6.92 Å². The molecule has 0 saturated carbocycles. The van der Waals surface area contributed by atoms with Crippen LogP contribution in [0.15, 0.2) is 48.5 Å². The van der Waals surface area contributed by atoms with Gasteiger partial charge in [0.2, 0.25) is 5.91 Å². The first-order chi connectivity index (χ1) is 11.1. The molecule has 0 bridgehead atoms. The molecule has 0 heterocycles. The summed E-state index contributed by atoms with van der Waals surface area (Å²) in [7, 11) is 1.59. The number of hydrogen-bond donors (Lipinski definition) is 2. The summed E-state index contributed by atoms with van der Waals surface area (Å²) in [5.41, 5.74) is 2.23. The molecule has 0 radical (unpaired) electrons. The number of anilines is 1. The minimum atomic E-state index is -0.166. The van der Waals surface area contributed by atoms with E-state index in [9.17, 15) is 9.59 Å². The number of methoxy groups -OCH3 is 1. The predicted octanol–water partition coefficient (Wildman–Crippen LogP) is 2.76. The van der Waals surface area contributed by atoms with E-state index >= 15 is 0 Å². The normalized spacial score (nSPS) is 10.0. The number of aryl methyl sites for hydroxylation is 1. The molecule has 5 nitrogen and oxygen atoms in total. The Morgan fingerprint density at radius 2 is 1.74 bits per heavy atom. The Morgan fingerprint density at radius 3 is 2.39 bits per heavy atom. The van der Waals surface area contributed by atoms with Gasteiger partial charge < -0.3 is 15.4 Å². The zero-order valence-electron chi connectivity index (χ0n) is 13.3. The second kappa shape index (κ2) is 7.98. The fraction of sp³-hybridized carbons (Fsp3) is 0.222. The molecule has 2 amide bonds. The van der Waals surface area contributed by atoms with Gasteiger partial charge >= 0.3 is 0 Å². The Hall–Kier alpha value is -2.82. The van der Waals surface area contributed by atoms with E-state index in [2.05, 4.69) is 10.6 Å². The van der Waals surface area contributed by atoms with Crippen molar-refractivity contribution in [2.24, 2.45) is 0 Å². The number of carbonyl (C=O) groups is 2. The molecule has 2 aromatic rings. The maximum atomic E-state index is 12.0. The maximum absolute atomic E-state index is 12.0. The third kappa shape index (κ3) is 4.85. The van der Waals surface area contributed by atoms with E-state index in [1.807, 2.05) is 25.1 Å². The van der Waals surface area contributed by atoms with Gasteiger partial charge in [-0.05, 0) is 42.8 Å². The lowest BCUT2D eigenvalue weighted by atomic mass is 10.1. The van der Waals surface area contributed by atoms with Crippen molar-refractivity contribution in [3.8, 4) is 5.75 Å². The average Bonchev–Trinajstić information content (AvgIpc) is 2.56. The number of rotatable bonds is 6. The second-order valence-electron chi connectivity index (χ2n) is 5.10. The summed E-state index contributed by atoms with van der Waals surface area (Å²) < 4.78 is 5.06. The van der Waals surface area contributed by atoms with Gasteiger partial charge in [-0.15, -0.1) is 0 Å². The van der Waals surface area contributed by atoms with Crippen LogP contribution in [0.4, 0.5) is 5.69 Å². The third-order valence-corrected chi connectivity index (χ3v) is 3.40. The number of hydrogen-bond acceptors (Lipinski definition) is 3. The average molecular weight is 312 g/mol. The molecule has 2 N–H and O–H groups in total. The summed E-state index contributed by atoms with van der Waals surface area (Å²) in [4.78, 5) is 23.9. The van der Waals surface area contributed by atoms with Crippen molar-refractivity contribution in [3.63, 3.8) is 0 Å². The summed E-state index contributed by atoms with van der Waals surface area (Å²) in [6.45, 7) is 2.17. The lowest BCUT2D eigenvalue weighted by Crippen LogP contribution is -2.28. The van der Waals surface area contributed by atoms with E-state index in [1.54, 1.807) is 37.4 Å². The highest BCUT2D eigenvalue weighted by Crippen LogP contribution is 2.15. The molecule has 0 aliphatic carbocycles. The fourth-order valence-corrected chi connectivity index (χ4v) is 2.11. The second-order valence-corrected chi connectivity index (χ2v) is 5.10. The number of nitrogens with one attached hydrogen (secondary N) is 2.